The lowest BCUT2D eigenvalue weighted by Crippen LogP contribution is -1.99. The summed E-state index contributed by atoms with van der Waals surface area (Å²) in [5.41, 5.74) is 6.18. The highest BCUT2D eigenvalue weighted by Crippen LogP contribution is 2.25. The summed E-state index contributed by atoms with van der Waals surface area (Å²) in [6, 6.07) is 9.87. The molecule has 0 fully saturated rings. The van der Waals surface area contributed by atoms with E-state index < -0.39 is 0 Å². The van der Waals surface area contributed by atoms with Crippen LogP contribution in [0.3, 0.4) is 0 Å². The van der Waals surface area contributed by atoms with Gasteiger partial charge in [0, 0.05) is 28.3 Å². The van der Waals surface area contributed by atoms with Gasteiger partial charge in [-0.3, -0.25) is 10.4 Å². The number of pyridine rings is 1. The van der Waals surface area contributed by atoms with Crippen LogP contribution in [-0.4, -0.2) is 26.4 Å². The molecule has 0 unspecified atom stereocenters. The highest BCUT2D eigenvalue weighted by Gasteiger charge is 2.09. The summed E-state index contributed by atoms with van der Waals surface area (Å²) in [5, 5.41) is 26.1. The van der Waals surface area contributed by atoms with E-state index in [0.29, 0.717) is 22.0 Å². The SMILES string of the molecule is Cc1ncc(CO)c(/C=N/Nc2nc(-c3ccccc3)cs2)c1O.Cl. The van der Waals surface area contributed by atoms with E-state index in [0.717, 1.165) is 11.3 Å². The van der Waals surface area contributed by atoms with Crippen molar-refractivity contribution in [1.82, 2.24) is 9.97 Å². The van der Waals surface area contributed by atoms with E-state index in [4.69, 9.17) is 0 Å². The number of aliphatic hydroxyl groups excluding tert-OH is 1. The second-order valence-corrected chi connectivity index (χ2v) is 5.92. The van der Waals surface area contributed by atoms with Gasteiger partial charge in [-0.2, -0.15) is 5.10 Å². The van der Waals surface area contributed by atoms with Crippen molar-refractivity contribution in [2.75, 3.05) is 5.43 Å². The second kappa shape index (κ2) is 8.57. The van der Waals surface area contributed by atoms with Crippen molar-refractivity contribution in [3.05, 3.63) is 58.7 Å². The average Bonchev–Trinajstić information content (AvgIpc) is 3.08. The number of hydrogen-bond acceptors (Lipinski definition) is 7. The van der Waals surface area contributed by atoms with Crippen molar-refractivity contribution < 1.29 is 10.2 Å². The molecule has 0 spiro atoms. The number of aryl methyl sites for hydroxylation is 1. The number of anilines is 1. The van der Waals surface area contributed by atoms with E-state index in [1.807, 2.05) is 35.7 Å². The summed E-state index contributed by atoms with van der Waals surface area (Å²) in [6.45, 7) is 1.46. The summed E-state index contributed by atoms with van der Waals surface area (Å²) in [4.78, 5) is 8.47. The van der Waals surface area contributed by atoms with E-state index >= 15 is 0 Å². The first kappa shape index (κ1) is 18.9. The van der Waals surface area contributed by atoms with Gasteiger partial charge in [0.15, 0.2) is 0 Å². The minimum absolute atomic E-state index is 0. The van der Waals surface area contributed by atoms with Crippen molar-refractivity contribution >= 4 is 35.1 Å². The molecule has 6 nitrogen and oxygen atoms in total. The number of hydrazone groups is 1. The molecular weight excluding hydrogens is 360 g/mol. The maximum Gasteiger partial charge on any atom is 0.203 e. The summed E-state index contributed by atoms with van der Waals surface area (Å²) in [6.07, 6.45) is 2.98. The van der Waals surface area contributed by atoms with Crippen molar-refractivity contribution in [3.8, 4) is 17.0 Å². The zero-order chi connectivity index (χ0) is 16.9. The number of halogens is 1. The number of thiazole rings is 1. The molecule has 0 aliphatic carbocycles. The number of nitrogens with zero attached hydrogens (tertiary/aromatic N) is 3. The van der Waals surface area contributed by atoms with Gasteiger partial charge in [-0.05, 0) is 6.92 Å². The molecule has 3 aromatic rings. The Bertz CT molecular complexity index is 868. The topological polar surface area (TPSA) is 90.6 Å². The standard InChI is InChI=1S/C17H16N4O2S.ClH/c1-11-16(23)14(13(9-22)7-18-11)8-19-21-17-20-15(10-24-17)12-5-3-2-4-6-12;/h2-8,10,22-23H,9H2,1H3,(H,20,21);1H/b19-8+;. The highest BCUT2D eigenvalue weighted by atomic mass is 35.5. The molecule has 0 saturated heterocycles. The zero-order valence-corrected chi connectivity index (χ0v) is 15.0. The maximum atomic E-state index is 10.1. The van der Waals surface area contributed by atoms with E-state index in [1.165, 1.54) is 23.7 Å². The summed E-state index contributed by atoms with van der Waals surface area (Å²) in [5.74, 6) is 0.0104. The Labute approximate surface area is 155 Å². The lowest BCUT2D eigenvalue weighted by atomic mass is 10.1. The van der Waals surface area contributed by atoms with Crippen LogP contribution in [0.15, 0.2) is 47.0 Å². The van der Waals surface area contributed by atoms with Crippen LogP contribution >= 0.6 is 23.7 Å². The minimum Gasteiger partial charge on any atom is -0.505 e. The Kier molecular flexibility index (Phi) is 6.46. The highest BCUT2D eigenvalue weighted by molar-refractivity contribution is 7.14. The summed E-state index contributed by atoms with van der Waals surface area (Å²) < 4.78 is 0. The average molecular weight is 377 g/mol. The fraction of sp³-hybridized carbons (Fsp3) is 0.118. The molecule has 0 aliphatic rings. The molecule has 2 heterocycles. The zero-order valence-electron chi connectivity index (χ0n) is 13.4. The van der Waals surface area contributed by atoms with Crippen LogP contribution < -0.4 is 5.43 Å². The summed E-state index contributed by atoms with van der Waals surface area (Å²) >= 11 is 1.44. The van der Waals surface area contributed by atoms with Gasteiger partial charge >= 0.3 is 0 Å². The molecule has 0 bridgehead atoms. The number of aromatic hydroxyl groups is 1. The van der Waals surface area contributed by atoms with Crippen LogP contribution in [0.4, 0.5) is 5.13 Å². The number of aromatic nitrogens is 2. The van der Waals surface area contributed by atoms with Gasteiger partial charge in [-0.1, -0.05) is 30.3 Å². The molecular formula is C17H17ClN4O2S. The van der Waals surface area contributed by atoms with Crippen molar-refractivity contribution in [2.24, 2.45) is 5.10 Å². The Morgan fingerprint density at radius 2 is 2.04 bits per heavy atom. The van der Waals surface area contributed by atoms with E-state index in [9.17, 15) is 10.2 Å². The molecule has 8 heteroatoms. The van der Waals surface area contributed by atoms with Crippen LogP contribution in [-0.2, 0) is 6.61 Å². The molecule has 3 N–H and O–H groups in total. The quantitative estimate of drug-likeness (QED) is 0.467. The van der Waals surface area contributed by atoms with Gasteiger partial charge in [-0.15, -0.1) is 23.7 Å². The number of rotatable bonds is 5. The number of benzene rings is 1. The Morgan fingerprint density at radius 1 is 1.28 bits per heavy atom. The van der Waals surface area contributed by atoms with E-state index in [-0.39, 0.29) is 24.8 Å². The predicted molar refractivity (Wildman–Crippen MR) is 103 cm³/mol. The first-order valence-electron chi connectivity index (χ1n) is 7.27. The fourth-order valence-electron chi connectivity index (χ4n) is 2.14. The first-order chi connectivity index (χ1) is 11.7. The summed E-state index contributed by atoms with van der Waals surface area (Å²) in [7, 11) is 0. The molecule has 0 radical (unpaired) electrons. The predicted octanol–water partition coefficient (Wildman–Crippen LogP) is 3.58. The Balaban J connectivity index is 0.00000225. The fourth-order valence-corrected chi connectivity index (χ4v) is 2.81. The van der Waals surface area contributed by atoms with E-state index in [1.54, 1.807) is 6.92 Å². The van der Waals surface area contributed by atoms with Crippen LogP contribution in [0.25, 0.3) is 11.3 Å². The lowest BCUT2D eigenvalue weighted by Gasteiger charge is -2.06. The number of hydrogen-bond donors (Lipinski definition) is 3. The van der Waals surface area contributed by atoms with Crippen LogP contribution in [0, 0.1) is 6.92 Å². The normalized spacial score (nSPS) is 10.6. The smallest absolute Gasteiger partial charge is 0.203 e. The van der Waals surface area contributed by atoms with Gasteiger partial charge < -0.3 is 10.2 Å². The molecule has 0 aliphatic heterocycles. The molecule has 0 saturated carbocycles. The molecule has 0 atom stereocenters. The minimum atomic E-state index is -0.225. The van der Waals surface area contributed by atoms with Gasteiger partial charge in [0.2, 0.25) is 5.13 Å². The van der Waals surface area contributed by atoms with Crippen molar-refractivity contribution in [1.29, 1.82) is 0 Å². The largest absolute Gasteiger partial charge is 0.505 e. The molecule has 1 aromatic carbocycles. The van der Waals surface area contributed by atoms with Crippen molar-refractivity contribution in [2.45, 2.75) is 13.5 Å². The van der Waals surface area contributed by atoms with Gasteiger partial charge in [-0.25, -0.2) is 4.98 Å². The number of nitrogens with one attached hydrogen (secondary N) is 1. The number of aliphatic hydroxyl groups is 1. The van der Waals surface area contributed by atoms with Gasteiger partial charge in [0.1, 0.15) is 5.75 Å². The Morgan fingerprint density at radius 3 is 2.76 bits per heavy atom. The van der Waals surface area contributed by atoms with Gasteiger partial charge in [0.05, 0.1) is 24.2 Å². The third-order valence-corrected chi connectivity index (χ3v) is 4.20. The molecule has 0 amide bonds. The first-order valence-corrected chi connectivity index (χ1v) is 8.15. The maximum absolute atomic E-state index is 10.1. The van der Waals surface area contributed by atoms with Crippen LogP contribution in [0.2, 0.25) is 0 Å². The monoisotopic (exact) mass is 376 g/mol. The third kappa shape index (κ3) is 4.33. The third-order valence-electron chi connectivity index (χ3n) is 3.46. The van der Waals surface area contributed by atoms with Crippen LogP contribution in [0.5, 0.6) is 5.75 Å². The molecule has 2 aromatic heterocycles. The molecule has 25 heavy (non-hydrogen) atoms. The lowest BCUT2D eigenvalue weighted by molar-refractivity contribution is 0.280. The van der Waals surface area contributed by atoms with E-state index in [2.05, 4.69) is 20.5 Å². The second-order valence-electron chi connectivity index (χ2n) is 5.06. The molecule has 130 valence electrons. The molecule has 3 rings (SSSR count). The van der Waals surface area contributed by atoms with Gasteiger partial charge in [0.25, 0.3) is 0 Å². The van der Waals surface area contributed by atoms with Crippen molar-refractivity contribution in [3.63, 3.8) is 0 Å². The Hall–Kier alpha value is -2.48. The van der Waals surface area contributed by atoms with Crippen LogP contribution in [0.1, 0.15) is 16.8 Å².